The van der Waals surface area contributed by atoms with Crippen molar-refractivity contribution in [1.82, 2.24) is 5.32 Å². The number of nitrogens with zero attached hydrogens (tertiary/aromatic N) is 2. The summed E-state index contributed by atoms with van der Waals surface area (Å²) in [5.41, 5.74) is 5.66. The van der Waals surface area contributed by atoms with E-state index in [0.717, 1.165) is 19.4 Å². The van der Waals surface area contributed by atoms with E-state index in [2.05, 4.69) is 16.4 Å². The highest BCUT2D eigenvalue weighted by Gasteiger charge is 2.42. The van der Waals surface area contributed by atoms with Gasteiger partial charge >= 0.3 is 0 Å². The molecule has 74 valence electrons. The molecule has 0 heterocycles. The summed E-state index contributed by atoms with van der Waals surface area (Å²) in [5.74, 6) is 0.458. The Labute approximate surface area is 95.6 Å². The summed E-state index contributed by atoms with van der Waals surface area (Å²) in [5, 5.41) is 11.5. The van der Waals surface area contributed by atoms with E-state index in [1.165, 1.54) is 0 Å². The van der Waals surface area contributed by atoms with Gasteiger partial charge in [-0.25, -0.2) is 0 Å². The lowest BCUT2D eigenvalue weighted by atomic mass is 10.0. The molecule has 5 heteroatoms. The van der Waals surface area contributed by atoms with E-state index in [1.54, 1.807) is 7.05 Å². The summed E-state index contributed by atoms with van der Waals surface area (Å²) in [4.78, 5) is 3.78. The third kappa shape index (κ3) is 3.81. The van der Waals surface area contributed by atoms with Crippen LogP contribution < -0.4 is 11.1 Å². The van der Waals surface area contributed by atoms with Crippen LogP contribution in [0.5, 0.6) is 0 Å². The topological polar surface area (TPSA) is 74.2 Å². The van der Waals surface area contributed by atoms with Crippen LogP contribution in [-0.4, -0.2) is 19.6 Å². The van der Waals surface area contributed by atoms with Crippen LogP contribution in [0, 0.1) is 16.7 Å². The van der Waals surface area contributed by atoms with Crippen molar-refractivity contribution in [2.45, 2.75) is 19.3 Å². The Morgan fingerprint density at radius 3 is 2.69 bits per heavy atom. The van der Waals surface area contributed by atoms with Gasteiger partial charge in [-0.1, -0.05) is 0 Å². The maximum atomic E-state index is 8.53. The number of nitrogens with one attached hydrogen (secondary N) is 1. The van der Waals surface area contributed by atoms with E-state index in [1.807, 2.05) is 0 Å². The van der Waals surface area contributed by atoms with Crippen LogP contribution in [0.15, 0.2) is 4.99 Å². The van der Waals surface area contributed by atoms with E-state index in [-0.39, 0.29) is 29.4 Å². The maximum absolute atomic E-state index is 8.53. The summed E-state index contributed by atoms with van der Waals surface area (Å²) in [6, 6.07) is 2.19. The second-order valence-corrected chi connectivity index (χ2v) is 3.30. The standard InChI is InChI=1S/C8H14N4.HI/c1-11-7(10)12-6-8(2-3-8)4-5-9;/h2-4,6H2,1H3,(H3,10,11,12);1H. The van der Waals surface area contributed by atoms with Crippen molar-refractivity contribution in [3.05, 3.63) is 0 Å². The minimum absolute atomic E-state index is 0. The van der Waals surface area contributed by atoms with Crippen molar-refractivity contribution in [1.29, 1.82) is 5.26 Å². The SMILES string of the molecule is CN=C(N)NCC1(CC#N)CC1.I. The molecule has 0 atom stereocenters. The molecule has 1 saturated carbocycles. The first-order valence-electron chi connectivity index (χ1n) is 4.05. The van der Waals surface area contributed by atoms with Crippen molar-refractivity contribution >= 4 is 29.9 Å². The summed E-state index contributed by atoms with van der Waals surface area (Å²) >= 11 is 0. The van der Waals surface area contributed by atoms with Gasteiger partial charge in [-0.2, -0.15) is 5.26 Å². The lowest BCUT2D eigenvalue weighted by molar-refractivity contribution is 0.510. The molecule has 3 N–H and O–H groups in total. The van der Waals surface area contributed by atoms with Crippen LogP contribution in [0.25, 0.3) is 0 Å². The predicted molar refractivity (Wildman–Crippen MR) is 62.9 cm³/mol. The molecular weight excluding hydrogens is 279 g/mol. The molecule has 1 aliphatic carbocycles. The molecule has 0 spiro atoms. The number of aliphatic imine (C=N–C) groups is 1. The first kappa shape index (κ1) is 12.5. The highest BCUT2D eigenvalue weighted by atomic mass is 127. The highest BCUT2D eigenvalue weighted by Crippen LogP contribution is 2.47. The average Bonchev–Trinajstić information content (AvgIpc) is 2.82. The first-order valence-corrected chi connectivity index (χ1v) is 4.05. The van der Waals surface area contributed by atoms with Gasteiger partial charge in [0.25, 0.3) is 0 Å². The Bertz CT molecular complexity index is 227. The van der Waals surface area contributed by atoms with E-state index >= 15 is 0 Å². The van der Waals surface area contributed by atoms with Crippen molar-refractivity contribution in [3.8, 4) is 6.07 Å². The fourth-order valence-electron chi connectivity index (χ4n) is 1.12. The largest absolute Gasteiger partial charge is 0.370 e. The molecule has 0 unspecified atom stereocenters. The Hall–Kier alpha value is -0.510. The molecule has 13 heavy (non-hydrogen) atoms. The van der Waals surface area contributed by atoms with Gasteiger partial charge in [-0.15, -0.1) is 24.0 Å². The Morgan fingerprint density at radius 2 is 2.31 bits per heavy atom. The van der Waals surface area contributed by atoms with Crippen LogP contribution in [-0.2, 0) is 0 Å². The van der Waals surface area contributed by atoms with Gasteiger partial charge in [0.1, 0.15) is 0 Å². The summed E-state index contributed by atoms with van der Waals surface area (Å²) in [6.45, 7) is 0.781. The van der Waals surface area contributed by atoms with E-state index in [0.29, 0.717) is 12.4 Å². The second kappa shape index (κ2) is 5.27. The third-order valence-corrected chi connectivity index (χ3v) is 2.30. The molecule has 0 aromatic heterocycles. The molecule has 0 aromatic rings. The zero-order chi connectivity index (χ0) is 9.03. The van der Waals surface area contributed by atoms with Crippen LogP contribution in [0.2, 0.25) is 0 Å². The number of nitriles is 1. The Morgan fingerprint density at radius 1 is 1.69 bits per heavy atom. The summed E-state index contributed by atoms with van der Waals surface area (Å²) in [7, 11) is 1.65. The van der Waals surface area contributed by atoms with Gasteiger partial charge in [-0.05, 0) is 12.8 Å². The zero-order valence-corrected chi connectivity index (χ0v) is 10.0. The lowest BCUT2D eigenvalue weighted by Crippen LogP contribution is -2.35. The van der Waals surface area contributed by atoms with E-state index < -0.39 is 0 Å². The van der Waals surface area contributed by atoms with E-state index in [4.69, 9.17) is 11.0 Å². The van der Waals surface area contributed by atoms with Crippen molar-refractivity contribution in [2.75, 3.05) is 13.6 Å². The van der Waals surface area contributed by atoms with Gasteiger partial charge in [0.2, 0.25) is 0 Å². The van der Waals surface area contributed by atoms with Gasteiger partial charge in [-0.3, -0.25) is 4.99 Å². The average molecular weight is 294 g/mol. The van der Waals surface area contributed by atoms with Gasteiger partial charge < -0.3 is 11.1 Å². The number of nitrogens with two attached hydrogens (primary N) is 1. The zero-order valence-electron chi connectivity index (χ0n) is 7.71. The minimum Gasteiger partial charge on any atom is -0.370 e. The normalized spacial score (nSPS) is 18.3. The van der Waals surface area contributed by atoms with E-state index in [9.17, 15) is 0 Å². The number of hydrogen-bond acceptors (Lipinski definition) is 2. The van der Waals surface area contributed by atoms with Crippen LogP contribution in [0.1, 0.15) is 19.3 Å². The molecule has 0 amide bonds. The Kier molecular flexibility index (Phi) is 5.06. The van der Waals surface area contributed by atoms with Crippen molar-refractivity contribution in [2.24, 2.45) is 16.1 Å². The molecule has 0 aliphatic heterocycles. The number of halogens is 1. The first-order chi connectivity index (χ1) is 5.72. The number of guanidine groups is 1. The van der Waals surface area contributed by atoms with Crippen molar-refractivity contribution < 1.29 is 0 Å². The molecule has 1 aliphatic rings. The molecular formula is C8H15IN4. The second-order valence-electron chi connectivity index (χ2n) is 3.30. The Balaban J connectivity index is 0.00000144. The fraction of sp³-hybridized carbons (Fsp3) is 0.750. The van der Waals surface area contributed by atoms with Gasteiger partial charge in [0.05, 0.1) is 6.07 Å². The third-order valence-electron chi connectivity index (χ3n) is 2.30. The van der Waals surface area contributed by atoms with Crippen LogP contribution in [0.4, 0.5) is 0 Å². The highest BCUT2D eigenvalue weighted by molar-refractivity contribution is 14.0. The number of hydrogen-bond donors (Lipinski definition) is 2. The monoisotopic (exact) mass is 294 g/mol. The smallest absolute Gasteiger partial charge is 0.188 e. The maximum Gasteiger partial charge on any atom is 0.188 e. The molecule has 1 fully saturated rings. The quantitative estimate of drug-likeness (QED) is 0.460. The molecule has 4 nitrogen and oxygen atoms in total. The summed E-state index contributed by atoms with van der Waals surface area (Å²) < 4.78 is 0. The van der Waals surface area contributed by atoms with Crippen molar-refractivity contribution in [3.63, 3.8) is 0 Å². The van der Waals surface area contributed by atoms with Crippen LogP contribution >= 0.6 is 24.0 Å². The van der Waals surface area contributed by atoms with Gasteiger partial charge in [0, 0.05) is 25.4 Å². The molecule has 0 bridgehead atoms. The van der Waals surface area contributed by atoms with Crippen LogP contribution in [0.3, 0.4) is 0 Å². The molecule has 0 saturated heterocycles. The summed E-state index contributed by atoms with van der Waals surface area (Å²) in [6.07, 6.45) is 2.88. The predicted octanol–water partition coefficient (Wildman–Crippen LogP) is 0.832. The molecule has 0 aromatic carbocycles. The molecule has 0 radical (unpaired) electrons. The van der Waals surface area contributed by atoms with Gasteiger partial charge in [0.15, 0.2) is 5.96 Å². The number of rotatable bonds is 3. The minimum atomic E-state index is 0. The fourth-order valence-corrected chi connectivity index (χ4v) is 1.12. The lowest BCUT2D eigenvalue weighted by Gasteiger charge is -2.11. The molecule has 1 rings (SSSR count).